The van der Waals surface area contributed by atoms with Crippen LogP contribution in [0, 0.1) is 35.8 Å². The third-order valence-corrected chi connectivity index (χ3v) is 4.95. The molecule has 1 fully saturated rings. The fourth-order valence-corrected chi connectivity index (χ4v) is 3.72. The molecule has 2 atom stereocenters. The van der Waals surface area contributed by atoms with Crippen LogP contribution in [0.15, 0.2) is 29.4 Å². The molecule has 0 N–H and O–H groups in total. The molecule has 5 rings (SSSR count). The Morgan fingerprint density at radius 3 is 2.37 bits per heavy atom. The largest absolute Gasteiger partial charge is 0.367 e. The van der Waals surface area contributed by atoms with Crippen molar-refractivity contribution >= 4 is 11.5 Å². The number of fused-ring (bicyclic) bond motifs is 5. The second kappa shape index (κ2) is 5.66. The Morgan fingerprint density at radius 2 is 1.63 bits per heavy atom. The van der Waals surface area contributed by atoms with Crippen molar-refractivity contribution in [2.24, 2.45) is 5.10 Å². The van der Waals surface area contributed by atoms with Crippen LogP contribution in [0.2, 0.25) is 0 Å². The number of morpholine rings is 1. The summed E-state index contributed by atoms with van der Waals surface area (Å²) in [5, 5.41) is 4.51. The van der Waals surface area contributed by atoms with Crippen LogP contribution in [0.25, 0.3) is 0 Å². The van der Waals surface area contributed by atoms with Gasteiger partial charge in [-0.15, -0.1) is 0 Å². The zero-order valence-electron chi connectivity index (χ0n) is 13.5. The van der Waals surface area contributed by atoms with Crippen molar-refractivity contribution in [1.29, 1.82) is 0 Å². The van der Waals surface area contributed by atoms with Crippen LogP contribution < -0.4 is 5.01 Å². The van der Waals surface area contributed by atoms with Gasteiger partial charge in [-0.2, -0.15) is 5.10 Å². The lowest BCUT2D eigenvalue weighted by Crippen LogP contribution is -2.44. The van der Waals surface area contributed by atoms with E-state index in [0.29, 0.717) is 11.4 Å². The second-order valence-corrected chi connectivity index (χ2v) is 6.41. The van der Waals surface area contributed by atoms with Gasteiger partial charge >= 0.3 is 0 Å². The van der Waals surface area contributed by atoms with Gasteiger partial charge in [0, 0.05) is 6.42 Å². The van der Waals surface area contributed by atoms with Gasteiger partial charge in [0.2, 0.25) is 12.5 Å². The fraction of sp³-hybridized carbons (Fsp3) is 0.222. The summed E-state index contributed by atoms with van der Waals surface area (Å²) in [6.45, 7) is 2.66. The normalized spacial score (nSPS) is 23.2. The SMILES string of the molecule is Fc1c(F)c(F)c(N2[C]N3C(=N2)COC2Cc4ccccc4C23)c(F)c1F. The van der Waals surface area contributed by atoms with E-state index >= 15 is 0 Å². The molecule has 2 aliphatic heterocycles. The zero-order chi connectivity index (χ0) is 18.9. The molecule has 0 bridgehead atoms. The monoisotopic (exact) mass is 379 g/mol. The minimum absolute atomic E-state index is 0.0358. The molecule has 0 saturated carbocycles. The molecular formula is C18H10F5N3O. The third-order valence-electron chi connectivity index (χ3n) is 4.95. The van der Waals surface area contributed by atoms with Gasteiger partial charge in [-0.3, -0.25) is 0 Å². The molecule has 4 nitrogen and oxygen atoms in total. The summed E-state index contributed by atoms with van der Waals surface area (Å²) in [5.41, 5.74) is 0.836. The highest BCUT2D eigenvalue weighted by Crippen LogP contribution is 2.44. The lowest BCUT2D eigenvalue weighted by atomic mass is 10.1. The minimum Gasteiger partial charge on any atom is -0.367 e. The van der Waals surface area contributed by atoms with Gasteiger partial charge in [-0.25, -0.2) is 27.0 Å². The van der Waals surface area contributed by atoms with Crippen LogP contribution in [0.1, 0.15) is 17.2 Å². The van der Waals surface area contributed by atoms with Crippen molar-refractivity contribution in [3.63, 3.8) is 0 Å². The van der Waals surface area contributed by atoms with E-state index in [1.165, 1.54) is 4.90 Å². The predicted molar refractivity (Wildman–Crippen MR) is 83.9 cm³/mol. The summed E-state index contributed by atoms with van der Waals surface area (Å²) in [7, 11) is 0. The molecule has 0 aromatic heterocycles. The van der Waals surface area contributed by atoms with Gasteiger partial charge in [0.05, 0.1) is 12.1 Å². The lowest BCUT2D eigenvalue weighted by molar-refractivity contribution is 0.0119. The van der Waals surface area contributed by atoms with E-state index in [4.69, 9.17) is 4.74 Å². The standard InChI is InChI=1S/C18H10F5N3O/c19-12-13(20)15(22)18(16(23)14(12)21)26-7-25-11(24-26)6-27-10-5-8-3-1-2-4-9(8)17(10)25/h1-4,10,17H,5-6H2. The number of hydrazone groups is 1. The molecule has 1 aliphatic carbocycles. The third kappa shape index (κ3) is 2.21. The first-order valence-corrected chi connectivity index (χ1v) is 8.11. The molecule has 9 heteroatoms. The Hall–Kier alpha value is -2.68. The van der Waals surface area contributed by atoms with Crippen LogP contribution in [-0.2, 0) is 11.2 Å². The van der Waals surface area contributed by atoms with E-state index < -0.39 is 34.8 Å². The van der Waals surface area contributed by atoms with Crippen LogP contribution >= 0.6 is 0 Å². The Balaban J connectivity index is 1.55. The van der Waals surface area contributed by atoms with Gasteiger partial charge in [0.1, 0.15) is 12.3 Å². The van der Waals surface area contributed by atoms with Crippen molar-refractivity contribution in [1.82, 2.24) is 4.90 Å². The summed E-state index contributed by atoms with van der Waals surface area (Å²) in [6.07, 6.45) is 0.430. The highest BCUT2D eigenvalue weighted by molar-refractivity contribution is 5.89. The number of hydrogen-bond acceptors (Lipinski definition) is 4. The van der Waals surface area contributed by atoms with Gasteiger partial charge in [-0.1, -0.05) is 24.3 Å². The molecule has 2 heterocycles. The highest BCUT2D eigenvalue weighted by atomic mass is 19.2. The van der Waals surface area contributed by atoms with Crippen molar-refractivity contribution < 1.29 is 26.7 Å². The van der Waals surface area contributed by atoms with Gasteiger partial charge in [-0.05, 0) is 11.1 Å². The number of anilines is 1. The molecule has 2 aromatic carbocycles. The zero-order valence-corrected chi connectivity index (χ0v) is 13.5. The molecule has 0 amide bonds. The first-order valence-electron chi connectivity index (χ1n) is 8.11. The molecule has 2 aromatic rings. The van der Waals surface area contributed by atoms with E-state index in [0.717, 1.165) is 11.1 Å². The smallest absolute Gasteiger partial charge is 0.233 e. The molecule has 1 saturated heterocycles. The van der Waals surface area contributed by atoms with Gasteiger partial charge in [0.15, 0.2) is 29.1 Å². The summed E-state index contributed by atoms with van der Waals surface area (Å²) < 4.78 is 74.4. The maximum Gasteiger partial charge on any atom is 0.233 e. The van der Waals surface area contributed by atoms with Crippen LogP contribution in [-0.4, -0.2) is 23.4 Å². The van der Waals surface area contributed by atoms with Crippen molar-refractivity contribution in [3.05, 3.63) is 71.1 Å². The van der Waals surface area contributed by atoms with E-state index in [9.17, 15) is 22.0 Å². The Morgan fingerprint density at radius 1 is 0.963 bits per heavy atom. The Labute approximate surface area is 150 Å². The van der Waals surface area contributed by atoms with E-state index in [2.05, 4.69) is 11.8 Å². The second-order valence-electron chi connectivity index (χ2n) is 6.41. The van der Waals surface area contributed by atoms with Crippen LogP contribution in [0.5, 0.6) is 0 Å². The maximum absolute atomic E-state index is 14.1. The van der Waals surface area contributed by atoms with Crippen molar-refractivity contribution in [2.45, 2.75) is 18.6 Å². The van der Waals surface area contributed by atoms with E-state index in [1.807, 2.05) is 24.3 Å². The number of halogens is 5. The molecule has 0 spiro atoms. The summed E-state index contributed by atoms with van der Waals surface area (Å²) >= 11 is 0. The topological polar surface area (TPSA) is 28.1 Å². The van der Waals surface area contributed by atoms with Gasteiger partial charge < -0.3 is 9.64 Å². The molecular weight excluding hydrogens is 369 g/mol. The van der Waals surface area contributed by atoms with Crippen molar-refractivity contribution in [2.75, 3.05) is 11.6 Å². The number of hydrogen-bond donors (Lipinski definition) is 0. The Bertz CT molecular complexity index is 966. The summed E-state index contributed by atoms with van der Waals surface area (Å²) in [6, 6.07) is 7.26. The molecule has 138 valence electrons. The average molecular weight is 379 g/mol. The first-order chi connectivity index (χ1) is 13.0. The molecule has 27 heavy (non-hydrogen) atoms. The van der Waals surface area contributed by atoms with E-state index in [1.54, 1.807) is 0 Å². The maximum atomic E-state index is 14.1. The highest BCUT2D eigenvalue weighted by Gasteiger charge is 2.47. The number of ether oxygens (including phenoxy) is 1. The minimum atomic E-state index is -2.22. The molecule has 2 radical (unpaired) electrons. The van der Waals surface area contributed by atoms with Crippen LogP contribution in [0.3, 0.4) is 0 Å². The average Bonchev–Trinajstić information content (AvgIpc) is 3.25. The number of benzene rings is 2. The summed E-state index contributed by atoms with van der Waals surface area (Å²) in [4.78, 5) is 1.54. The first kappa shape index (κ1) is 16.5. The summed E-state index contributed by atoms with van der Waals surface area (Å²) in [5.74, 6) is -9.93. The predicted octanol–water partition coefficient (Wildman–Crippen LogP) is 3.51. The molecule has 3 aliphatic rings. The van der Waals surface area contributed by atoms with Gasteiger partial charge in [0.25, 0.3) is 0 Å². The quantitative estimate of drug-likeness (QED) is 0.431. The molecule has 2 unspecified atom stereocenters. The number of rotatable bonds is 1. The number of nitrogens with zero attached hydrogens (tertiary/aromatic N) is 3. The Kier molecular flexibility index (Phi) is 3.45. The van der Waals surface area contributed by atoms with E-state index in [-0.39, 0.29) is 24.6 Å². The number of amidine groups is 1. The fourth-order valence-electron chi connectivity index (χ4n) is 3.72. The lowest BCUT2D eigenvalue weighted by Gasteiger charge is -2.35. The van der Waals surface area contributed by atoms with Crippen molar-refractivity contribution in [3.8, 4) is 0 Å². The van der Waals surface area contributed by atoms with Crippen LogP contribution in [0.4, 0.5) is 27.6 Å².